The first-order valence-corrected chi connectivity index (χ1v) is 11.0. The number of nitrogens with one attached hydrogen (secondary N) is 1. The van der Waals surface area contributed by atoms with E-state index in [-0.39, 0.29) is 29.5 Å². The minimum atomic E-state index is -3.48. The Bertz CT molecular complexity index is 1140. The maximum Gasteiger partial charge on any atom is 0.322 e. The van der Waals surface area contributed by atoms with Gasteiger partial charge in [0.2, 0.25) is 11.8 Å². The third kappa shape index (κ3) is 5.24. The summed E-state index contributed by atoms with van der Waals surface area (Å²) < 4.78 is 35.3. The number of ether oxygens (including phenoxy) is 1. The summed E-state index contributed by atoms with van der Waals surface area (Å²) in [5.74, 6) is 0.349. The van der Waals surface area contributed by atoms with E-state index in [0.717, 1.165) is 16.7 Å². The molecule has 3 rings (SSSR count). The van der Waals surface area contributed by atoms with Crippen molar-refractivity contribution in [1.29, 1.82) is 0 Å². The first-order chi connectivity index (χ1) is 14.3. The predicted molar refractivity (Wildman–Crippen MR) is 112 cm³/mol. The van der Waals surface area contributed by atoms with E-state index in [0.29, 0.717) is 11.6 Å². The molecule has 30 heavy (non-hydrogen) atoms. The Morgan fingerprint density at radius 2 is 1.83 bits per heavy atom. The summed E-state index contributed by atoms with van der Waals surface area (Å²) in [6.45, 7) is 3.89. The van der Waals surface area contributed by atoms with E-state index in [1.54, 1.807) is 12.1 Å². The Hall–Kier alpha value is -3.20. The van der Waals surface area contributed by atoms with Gasteiger partial charge in [-0.2, -0.15) is 0 Å². The number of aromatic nitrogens is 2. The van der Waals surface area contributed by atoms with Crippen LogP contribution in [0.3, 0.4) is 0 Å². The van der Waals surface area contributed by atoms with Crippen LogP contribution in [0.25, 0.3) is 11.5 Å². The van der Waals surface area contributed by atoms with Gasteiger partial charge in [-0.15, -0.1) is 5.10 Å². The molecule has 158 valence electrons. The number of carbonyl (C=O) groups excluding carboxylic acids is 1. The van der Waals surface area contributed by atoms with Crippen molar-refractivity contribution in [3.63, 3.8) is 0 Å². The molecule has 3 aromatic rings. The van der Waals surface area contributed by atoms with Gasteiger partial charge in [0.25, 0.3) is 0 Å². The molecule has 0 bridgehead atoms. The number of aryl methyl sites for hydroxylation is 2. The second kappa shape index (κ2) is 9.08. The lowest BCUT2D eigenvalue weighted by molar-refractivity contribution is -0.116. The van der Waals surface area contributed by atoms with E-state index in [1.165, 1.54) is 19.2 Å². The number of anilines is 1. The van der Waals surface area contributed by atoms with Crippen LogP contribution in [0.2, 0.25) is 0 Å². The molecule has 8 nitrogen and oxygen atoms in total. The van der Waals surface area contributed by atoms with Crippen LogP contribution in [0.1, 0.15) is 24.0 Å². The van der Waals surface area contributed by atoms with Crippen LogP contribution in [0.15, 0.2) is 51.8 Å². The van der Waals surface area contributed by atoms with Gasteiger partial charge in [-0.05, 0) is 56.2 Å². The monoisotopic (exact) mass is 429 g/mol. The Morgan fingerprint density at radius 1 is 1.10 bits per heavy atom. The molecule has 2 aromatic carbocycles. The normalized spacial score (nSPS) is 11.3. The van der Waals surface area contributed by atoms with E-state index >= 15 is 0 Å². The summed E-state index contributed by atoms with van der Waals surface area (Å²) in [7, 11) is -1.97. The molecule has 0 spiro atoms. The Kier molecular flexibility index (Phi) is 6.51. The fourth-order valence-electron chi connectivity index (χ4n) is 2.85. The largest absolute Gasteiger partial charge is 0.497 e. The molecule has 0 aliphatic carbocycles. The number of hydrogen-bond donors (Lipinski definition) is 1. The van der Waals surface area contributed by atoms with Crippen molar-refractivity contribution >= 4 is 21.8 Å². The zero-order chi connectivity index (χ0) is 21.7. The highest BCUT2D eigenvalue weighted by molar-refractivity contribution is 7.91. The summed E-state index contributed by atoms with van der Waals surface area (Å²) in [6, 6.07) is 12.0. The van der Waals surface area contributed by atoms with Crippen molar-refractivity contribution in [1.82, 2.24) is 10.2 Å². The van der Waals surface area contributed by atoms with Gasteiger partial charge in [0.05, 0.1) is 17.8 Å². The van der Waals surface area contributed by atoms with Gasteiger partial charge in [0.15, 0.2) is 9.84 Å². The fourth-order valence-corrected chi connectivity index (χ4v) is 4.17. The van der Waals surface area contributed by atoms with Gasteiger partial charge in [0, 0.05) is 12.0 Å². The van der Waals surface area contributed by atoms with Crippen LogP contribution in [0.5, 0.6) is 5.75 Å². The molecule has 1 amide bonds. The van der Waals surface area contributed by atoms with Crippen molar-refractivity contribution in [2.75, 3.05) is 18.2 Å². The van der Waals surface area contributed by atoms with Crippen molar-refractivity contribution in [3.05, 3.63) is 53.6 Å². The van der Waals surface area contributed by atoms with Crippen molar-refractivity contribution in [3.8, 4) is 17.2 Å². The average Bonchev–Trinajstić information content (AvgIpc) is 3.17. The molecule has 9 heteroatoms. The molecule has 1 aromatic heterocycles. The van der Waals surface area contributed by atoms with Crippen LogP contribution in [0, 0.1) is 13.8 Å². The molecule has 0 aliphatic heterocycles. The van der Waals surface area contributed by atoms with E-state index in [2.05, 4.69) is 15.5 Å². The number of rotatable bonds is 8. The highest BCUT2D eigenvalue weighted by atomic mass is 32.2. The van der Waals surface area contributed by atoms with Crippen molar-refractivity contribution in [2.24, 2.45) is 0 Å². The molecule has 0 aliphatic rings. The fraction of sp³-hybridized carbons (Fsp3) is 0.286. The zero-order valence-corrected chi connectivity index (χ0v) is 17.8. The molecule has 0 unspecified atom stereocenters. The number of benzene rings is 2. The first-order valence-electron chi connectivity index (χ1n) is 9.36. The molecule has 0 radical (unpaired) electrons. The Morgan fingerprint density at radius 3 is 2.53 bits per heavy atom. The number of amides is 1. The standard InChI is InChI=1S/C21H23N3O5S/c1-14-6-7-15(2)18(13-14)20-23-24-21(29-20)22-19(25)5-4-12-30(26,27)17-10-8-16(28-3)9-11-17/h6-11,13H,4-5,12H2,1-3H3,(H,22,24,25). The molecule has 0 fully saturated rings. The maximum absolute atomic E-state index is 12.4. The quantitative estimate of drug-likeness (QED) is 0.583. The van der Waals surface area contributed by atoms with Gasteiger partial charge in [-0.3, -0.25) is 10.1 Å². The highest BCUT2D eigenvalue weighted by Gasteiger charge is 2.17. The van der Waals surface area contributed by atoms with Crippen molar-refractivity contribution < 1.29 is 22.4 Å². The van der Waals surface area contributed by atoms with Crippen LogP contribution in [-0.2, 0) is 14.6 Å². The summed E-state index contributed by atoms with van der Waals surface area (Å²) in [6.07, 6.45) is 0.175. The molecule has 1 heterocycles. The van der Waals surface area contributed by atoms with E-state index in [4.69, 9.17) is 9.15 Å². The molecule has 0 atom stereocenters. The lowest BCUT2D eigenvalue weighted by atomic mass is 10.1. The van der Waals surface area contributed by atoms with Crippen LogP contribution < -0.4 is 10.1 Å². The number of methoxy groups -OCH3 is 1. The lowest BCUT2D eigenvalue weighted by Gasteiger charge is -2.06. The second-order valence-electron chi connectivity index (χ2n) is 6.88. The maximum atomic E-state index is 12.4. The minimum absolute atomic E-state index is 0.0105. The number of hydrogen-bond acceptors (Lipinski definition) is 7. The van der Waals surface area contributed by atoms with Gasteiger partial charge >= 0.3 is 6.01 Å². The smallest absolute Gasteiger partial charge is 0.322 e. The van der Waals surface area contributed by atoms with Crippen LogP contribution >= 0.6 is 0 Å². The van der Waals surface area contributed by atoms with Gasteiger partial charge in [-0.25, -0.2) is 8.42 Å². The summed E-state index contributed by atoms with van der Waals surface area (Å²) in [5.41, 5.74) is 2.83. The van der Waals surface area contributed by atoms with E-state index in [9.17, 15) is 13.2 Å². The molecule has 0 saturated carbocycles. The SMILES string of the molecule is COc1ccc(S(=O)(=O)CCCC(=O)Nc2nnc(-c3cc(C)ccc3C)o2)cc1. The summed E-state index contributed by atoms with van der Waals surface area (Å²) >= 11 is 0. The van der Waals surface area contributed by atoms with Crippen molar-refractivity contribution in [2.45, 2.75) is 31.6 Å². The van der Waals surface area contributed by atoms with Gasteiger partial charge < -0.3 is 9.15 Å². The number of carbonyl (C=O) groups is 1. The first kappa shape index (κ1) is 21.5. The second-order valence-corrected chi connectivity index (χ2v) is 8.99. The van der Waals surface area contributed by atoms with E-state index in [1.807, 2.05) is 32.0 Å². The number of sulfone groups is 1. The van der Waals surface area contributed by atoms with E-state index < -0.39 is 15.7 Å². The Labute approximate surface area is 175 Å². The highest BCUT2D eigenvalue weighted by Crippen LogP contribution is 2.24. The zero-order valence-electron chi connectivity index (χ0n) is 17.0. The third-order valence-corrected chi connectivity index (χ3v) is 6.35. The molecular formula is C21H23N3O5S. The predicted octanol–water partition coefficient (Wildman–Crippen LogP) is 3.55. The molecule has 1 N–H and O–H groups in total. The molecule has 0 saturated heterocycles. The molecular weight excluding hydrogens is 406 g/mol. The van der Waals surface area contributed by atoms with Crippen LogP contribution in [0.4, 0.5) is 6.01 Å². The number of nitrogens with zero attached hydrogens (tertiary/aromatic N) is 2. The average molecular weight is 429 g/mol. The third-order valence-electron chi connectivity index (χ3n) is 4.53. The van der Waals surface area contributed by atoms with Crippen LogP contribution in [-0.4, -0.2) is 37.4 Å². The minimum Gasteiger partial charge on any atom is -0.497 e. The summed E-state index contributed by atoms with van der Waals surface area (Å²) in [4.78, 5) is 12.3. The lowest BCUT2D eigenvalue weighted by Crippen LogP contribution is -2.14. The van der Waals surface area contributed by atoms with Gasteiger partial charge in [0.1, 0.15) is 5.75 Å². The Balaban J connectivity index is 1.55. The topological polar surface area (TPSA) is 111 Å². The van der Waals surface area contributed by atoms with Gasteiger partial charge in [-0.1, -0.05) is 22.8 Å². The summed E-state index contributed by atoms with van der Waals surface area (Å²) in [5, 5.41) is 10.3.